The Morgan fingerprint density at radius 2 is 1.78 bits per heavy atom. The van der Waals surface area contributed by atoms with Crippen molar-refractivity contribution in [1.29, 1.82) is 0 Å². The summed E-state index contributed by atoms with van der Waals surface area (Å²) >= 11 is 0. The van der Waals surface area contributed by atoms with Crippen LogP contribution in [0.25, 0.3) is 5.57 Å². The number of anilines is 1. The van der Waals surface area contributed by atoms with E-state index in [4.69, 9.17) is 4.74 Å². The van der Waals surface area contributed by atoms with Gasteiger partial charge in [-0.1, -0.05) is 30.3 Å². The van der Waals surface area contributed by atoms with E-state index in [1.165, 1.54) is 0 Å². The van der Waals surface area contributed by atoms with Crippen molar-refractivity contribution in [3.05, 3.63) is 72.9 Å². The standard InChI is InChI=1S/C22H25N4O/c1-26-13-11-21(12-14-26)27-20-9-7-19(8-10-20)25-22-23-15-18(16-24-22)17-5-3-2-4-6-17/h2-10,15-16,21H,11-14H2,1H3,(H2,23,24,25). The van der Waals surface area contributed by atoms with E-state index >= 15 is 0 Å². The fraction of sp³-hybridized carbons (Fsp3) is 0.273. The molecular formula is C22H25N4O. The van der Waals surface area contributed by atoms with Crippen molar-refractivity contribution in [2.75, 3.05) is 25.5 Å². The summed E-state index contributed by atoms with van der Waals surface area (Å²) < 4.78 is 6.10. The van der Waals surface area contributed by atoms with Gasteiger partial charge in [0, 0.05) is 30.5 Å². The molecule has 2 heterocycles. The third-order valence-corrected chi connectivity index (χ3v) is 4.89. The Labute approximate surface area is 160 Å². The number of guanidine groups is 1. The summed E-state index contributed by atoms with van der Waals surface area (Å²) in [4.78, 5) is 6.82. The molecule has 0 bridgehead atoms. The molecule has 0 aliphatic carbocycles. The summed E-state index contributed by atoms with van der Waals surface area (Å²) in [5.41, 5.74) is 3.17. The molecule has 139 valence electrons. The molecule has 1 fully saturated rings. The fourth-order valence-corrected chi connectivity index (χ4v) is 3.26. The van der Waals surface area contributed by atoms with Crippen molar-refractivity contribution in [3.63, 3.8) is 0 Å². The Balaban J connectivity index is 1.33. The zero-order valence-electron chi connectivity index (χ0n) is 15.6. The number of benzene rings is 2. The maximum Gasteiger partial charge on any atom is 0.201 e. The minimum atomic E-state index is 0.320. The lowest BCUT2D eigenvalue weighted by molar-refractivity contribution is 0.114. The van der Waals surface area contributed by atoms with Crippen LogP contribution in [0.3, 0.4) is 0 Å². The molecule has 1 saturated heterocycles. The van der Waals surface area contributed by atoms with Crippen molar-refractivity contribution in [2.24, 2.45) is 4.99 Å². The predicted octanol–water partition coefficient (Wildman–Crippen LogP) is 3.73. The monoisotopic (exact) mass is 361 g/mol. The van der Waals surface area contributed by atoms with E-state index in [-0.39, 0.29) is 0 Å². The van der Waals surface area contributed by atoms with Crippen molar-refractivity contribution >= 4 is 17.2 Å². The van der Waals surface area contributed by atoms with Crippen molar-refractivity contribution in [1.82, 2.24) is 10.2 Å². The number of nitrogens with zero attached hydrogens (tertiary/aromatic N) is 2. The average Bonchev–Trinajstić information content (AvgIpc) is 2.72. The normalized spacial score (nSPS) is 18.3. The van der Waals surface area contributed by atoms with Crippen molar-refractivity contribution in [3.8, 4) is 5.75 Å². The number of ether oxygens (including phenoxy) is 1. The van der Waals surface area contributed by atoms with Crippen LogP contribution in [0.15, 0.2) is 65.8 Å². The third kappa shape index (κ3) is 4.68. The average molecular weight is 361 g/mol. The summed E-state index contributed by atoms with van der Waals surface area (Å²) in [5.74, 6) is 1.63. The highest BCUT2D eigenvalue weighted by atomic mass is 16.5. The highest BCUT2D eigenvalue weighted by Crippen LogP contribution is 2.22. The van der Waals surface area contributed by atoms with Gasteiger partial charge < -0.3 is 20.3 Å². The molecule has 2 aromatic carbocycles. The molecule has 1 radical (unpaired) electrons. The first kappa shape index (κ1) is 17.6. The van der Waals surface area contributed by atoms with Gasteiger partial charge in [-0.15, -0.1) is 0 Å². The fourth-order valence-electron chi connectivity index (χ4n) is 3.26. The molecule has 4 rings (SSSR count). The Hall–Kier alpha value is -2.79. The number of nitrogens with one attached hydrogen (secondary N) is 2. The zero-order valence-corrected chi connectivity index (χ0v) is 15.6. The number of likely N-dealkylation sites (tertiary alicyclic amines) is 1. The van der Waals surface area contributed by atoms with E-state index in [2.05, 4.69) is 39.7 Å². The summed E-state index contributed by atoms with van der Waals surface area (Å²) in [6.45, 7) is 4.16. The largest absolute Gasteiger partial charge is 0.490 e. The lowest BCUT2D eigenvalue weighted by Crippen LogP contribution is -2.35. The summed E-state index contributed by atoms with van der Waals surface area (Å²) in [6.07, 6.45) is 4.36. The first-order valence-electron chi connectivity index (χ1n) is 9.42. The van der Waals surface area contributed by atoms with Gasteiger partial charge in [-0.05, 0) is 49.7 Å². The third-order valence-electron chi connectivity index (χ3n) is 4.89. The van der Waals surface area contributed by atoms with Crippen LogP contribution in [-0.2, 0) is 0 Å². The van der Waals surface area contributed by atoms with E-state index < -0.39 is 0 Å². The molecule has 5 nitrogen and oxygen atoms in total. The summed E-state index contributed by atoms with van der Waals surface area (Å²) in [6, 6.07) is 18.3. The molecule has 2 N–H and O–H groups in total. The summed E-state index contributed by atoms with van der Waals surface area (Å²) in [5, 5.41) is 6.50. The minimum absolute atomic E-state index is 0.320. The van der Waals surface area contributed by atoms with E-state index in [9.17, 15) is 0 Å². The quantitative estimate of drug-likeness (QED) is 0.871. The highest BCUT2D eigenvalue weighted by molar-refractivity contribution is 5.98. The number of piperidine rings is 1. The molecule has 0 saturated carbocycles. The lowest BCUT2D eigenvalue weighted by atomic mass is 10.1. The first-order chi connectivity index (χ1) is 13.3. The molecule has 0 amide bonds. The van der Waals surface area contributed by atoms with Gasteiger partial charge in [0.2, 0.25) is 5.96 Å². The number of rotatable bonds is 4. The molecular weight excluding hydrogens is 336 g/mol. The SMILES string of the molecule is CN1CCC(Oc2ccc(NC3=NC=C(c4ccccc4)[CH]N3)cc2)CC1. The number of aliphatic imine (C=N–C) groups is 1. The molecule has 5 heteroatoms. The summed E-state index contributed by atoms with van der Waals surface area (Å²) in [7, 11) is 2.16. The molecule has 2 aliphatic rings. The minimum Gasteiger partial charge on any atom is -0.490 e. The molecule has 0 unspecified atom stereocenters. The Morgan fingerprint density at radius 3 is 2.44 bits per heavy atom. The van der Waals surface area contributed by atoms with Crippen LogP contribution in [0, 0.1) is 6.54 Å². The smallest absolute Gasteiger partial charge is 0.201 e. The van der Waals surface area contributed by atoms with Crippen molar-refractivity contribution < 1.29 is 4.74 Å². The van der Waals surface area contributed by atoms with Crippen LogP contribution in [0.1, 0.15) is 18.4 Å². The highest BCUT2D eigenvalue weighted by Gasteiger charge is 2.18. The first-order valence-corrected chi connectivity index (χ1v) is 9.42. The number of hydrogen-bond acceptors (Lipinski definition) is 5. The Kier molecular flexibility index (Phi) is 5.39. The molecule has 0 atom stereocenters. The van der Waals surface area contributed by atoms with Gasteiger partial charge in [-0.2, -0.15) is 0 Å². The predicted molar refractivity (Wildman–Crippen MR) is 111 cm³/mol. The molecule has 0 aromatic heterocycles. The second-order valence-electron chi connectivity index (χ2n) is 6.99. The van der Waals surface area contributed by atoms with E-state index in [0.717, 1.165) is 48.5 Å². The van der Waals surface area contributed by atoms with Gasteiger partial charge in [-0.25, -0.2) is 4.99 Å². The van der Waals surface area contributed by atoms with Crippen LogP contribution < -0.4 is 15.4 Å². The van der Waals surface area contributed by atoms with Crippen LogP contribution in [0.5, 0.6) is 5.75 Å². The number of hydrogen-bond donors (Lipinski definition) is 2. The molecule has 0 spiro atoms. The van der Waals surface area contributed by atoms with Gasteiger partial charge >= 0.3 is 0 Å². The topological polar surface area (TPSA) is 48.9 Å². The zero-order chi connectivity index (χ0) is 18.5. The second-order valence-corrected chi connectivity index (χ2v) is 6.99. The van der Waals surface area contributed by atoms with Gasteiger partial charge in [-0.3, -0.25) is 0 Å². The van der Waals surface area contributed by atoms with Gasteiger partial charge in [0.25, 0.3) is 0 Å². The van der Waals surface area contributed by atoms with Crippen LogP contribution in [0.4, 0.5) is 5.69 Å². The molecule has 27 heavy (non-hydrogen) atoms. The van der Waals surface area contributed by atoms with Gasteiger partial charge in [0.15, 0.2) is 0 Å². The van der Waals surface area contributed by atoms with E-state index in [0.29, 0.717) is 12.1 Å². The van der Waals surface area contributed by atoms with Gasteiger partial charge in [0.1, 0.15) is 11.9 Å². The Bertz CT molecular complexity index is 806. The molecule has 2 aromatic rings. The molecule has 2 aliphatic heterocycles. The lowest BCUT2D eigenvalue weighted by Gasteiger charge is -2.29. The van der Waals surface area contributed by atoms with Crippen molar-refractivity contribution in [2.45, 2.75) is 18.9 Å². The second kappa shape index (κ2) is 8.27. The van der Waals surface area contributed by atoms with Crippen LogP contribution >= 0.6 is 0 Å². The Morgan fingerprint density at radius 1 is 1.04 bits per heavy atom. The maximum atomic E-state index is 6.10. The maximum absolute atomic E-state index is 6.10. The van der Waals surface area contributed by atoms with E-state index in [1.807, 2.05) is 55.2 Å². The van der Waals surface area contributed by atoms with E-state index in [1.54, 1.807) is 0 Å². The van der Waals surface area contributed by atoms with Gasteiger partial charge in [0.05, 0.1) is 6.54 Å². The van der Waals surface area contributed by atoms with Crippen LogP contribution in [-0.4, -0.2) is 37.1 Å². The van der Waals surface area contributed by atoms with Crippen LogP contribution in [0.2, 0.25) is 0 Å².